The first-order valence-corrected chi connectivity index (χ1v) is 10.2. The molecule has 5 nitrogen and oxygen atoms in total. The van der Waals surface area contributed by atoms with Crippen LogP contribution < -0.4 is 4.72 Å². The highest BCUT2D eigenvalue weighted by atomic mass is 32.2. The number of carbonyl (C=O) groups is 1. The topological polar surface area (TPSA) is 72.5 Å². The molecule has 0 bridgehead atoms. The number of rotatable bonds is 6. The van der Waals surface area contributed by atoms with Gasteiger partial charge in [0, 0.05) is 0 Å². The van der Waals surface area contributed by atoms with Crippen LogP contribution in [0, 0.1) is 5.92 Å². The summed E-state index contributed by atoms with van der Waals surface area (Å²) in [5.41, 5.74) is 0. The average Bonchev–Trinajstić information content (AvgIpc) is 2.53. The molecular formula is C16H29NO4S. The minimum atomic E-state index is -3.53. The van der Waals surface area contributed by atoms with Crippen molar-refractivity contribution in [3.63, 3.8) is 0 Å². The maximum Gasteiger partial charge on any atom is 0.259 e. The van der Waals surface area contributed by atoms with Crippen molar-refractivity contribution in [2.45, 2.75) is 82.5 Å². The van der Waals surface area contributed by atoms with Crippen LogP contribution in [0.5, 0.6) is 0 Å². The van der Waals surface area contributed by atoms with Crippen molar-refractivity contribution in [3.05, 3.63) is 0 Å². The second kappa shape index (κ2) is 8.29. The van der Waals surface area contributed by atoms with Crippen LogP contribution in [0.4, 0.5) is 0 Å². The van der Waals surface area contributed by atoms with E-state index >= 15 is 0 Å². The molecule has 0 radical (unpaired) electrons. The quantitative estimate of drug-likeness (QED) is 0.812. The number of amides is 1. The zero-order valence-corrected chi connectivity index (χ0v) is 14.4. The summed E-state index contributed by atoms with van der Waals surface area (Å²) in [5, 5.41) is -0.414. The van der Waals surface area contributed by atoms with Gasteiger partial charge in [-0.3, -0.25) is 9.52 Å². The van der Waals surface area contributed by atoms with Gasteiger partial charge in [-0.1, -0.05) is 45.4 Å². The standard InChI is InChI=1S/C16H29NO4S/c1-2-13-8-6-7-11-15(13)21-12-16(18)17-22(19,20)14-9-4-3-5-10-14/h13-15H,2-12H2,1H3,(H,17,18). The average molecular weight is 331 g/mol. The molecule has 6 heteroatoms. The summed E-state index contributed by atoms with van der Waals surface area (Å²) in [4.78, 5) is 11.9. The summed E-state index contributed by atoms with van der Waals surface area (Å²) in [6, 6.07) is 0. The van der Waals surface area contributed by atoms with Crippen LogP contribution in [-0.4, -0.2) is 32.3 Å². The Kier molecular flexibility index (Phi) is 6.68. The van der Waals surface area contributed by atoms with Crippen LogP contribution in [0.3, 0.4) is 0 Å². The fourth-order valence-corrected chi connectivity index (χ4v) is 5.19. The highest BCUT2D eigenvalue weighted by molar-refractivity contribution is 7.90. The number of hydrogen-bond acceptors (Lipinski definition) is 4. The Morgan fingerprint density at radius 2 is 1.68 bits per heavy atom. The van der Waals surface area contributed by atoms with Gasteiger partial charge in [0.2, 0.25) is 10.0 Å². The van der Waals surface area contributed by atoms with Gasteiger partial charge in [-0.15, -0.1) is 0 Å². The third-order valence-electron chi connectivity index (χ3n) is 5.04. The van der Waals surface area contributed by atoms with Gasteiger partial charge in [0.25, 0.3) is 5.91 Å². The zero-order chi connectivity index (χ0) is 16.0. The molecule has 2 atom stereocenters. The third-order valence-corrected chi connectivity index (χ3v) is 6.90. The van der Waals surface area contributed by atoms with E-state index in [2.05, 4.69) is 11.6 Å². The lowest BCUT2D eigenvalue weighted by Gasteiger charge is -2.30. The fourth-order valence-electron chi connectivity index (χ4n) is 3.69. The van der Waals surface area contributed by atoms with Crippen LogP contribution >= 0.6 is 0 Å². The molecule has 1 N–H and O–H groups in total. The molecule has 0 saturated heterocycles. The van der Waals surface area contributed by atoms with E-state index in [4.69, 9.17) is 4.74 Å². The van der Waals surface area contributed by atoms with E-state index in [0.717, 1.165) is 44.9 Å². The maximum absolute atomic E-state index is 12.2. The van der Waals surface area contributed by atoms with Crippen molar-refractivity contribution in [1.29, 1.82) is 0 Å². The molecule has 0 aromatic rings. The molecule has 2 saturated carbocycles. The number of ether oxygens (including phenoxy) is 1. The van der Waals surface area contributed by atoms with Gasteiger partial charge >= 0.3 is 0 Å². The second-order valence-electron chi connectivity index (χ2n) is 6.63. The molecule has 2 fully saturated rings. The fraction of sp³-hybridized carbons (Fsp3) is 0.938. The molecular weight excluding hydrogens is 302 g/mol. The Morgan fingerprint density at radius 3 is 2.36 bits per heavy atom. The van der Waals surface area contributed by atoms with E-state index in [1.807, 2.05) is 0 Å². The number of sulfonamides is 1. The molecule has 0 heterocycles. The van der Waals surface area contributed by atoms with E-state index in [0.29, 0.717) is 18.8 Å². The molecule has 2 aliphatic carbocycles. The molecule has 1 amide bonds. The first kappa shape index (κ1) is 17.7. The van der Waals surface area contributed by atoms with Crippen LogP contribution in [0.1, 0.15) is 71.1 Å². The van der Waals surface area contributed by atoms with Gasteiger partial charge in [0.1, 0.15) is 6.61 Å². The minimum absolute atomic E-state index is 0.0990. The lowest BCUT2D eigenvalue weighted by atomic mass is 9.85. The molecule has 0 aromatic heterocycles. The van der Waals surface area contributed by atoms with Crippen molar-refractivity contribution < 1.29 is 17.9 Å². The molecule has 0 aliphatic heterocycles. The SMILES string of the molecule is CCC1CCCCC1OCC(=O)NS(=O)(=O)C1CCCCC1. The Hall–Kier alpha value is -0.620. The minimum Gasteiger partial charge on any atom is -0.368 e. The molecule has 0 aromatic carbocycles. The normalized spacial score (nSPS) is 27.5. The van der Waals surface area contributed by atoms with E-state index in [-0.39, 0.29) is 12.7 Å². The molecule has 22 heavy (non-hydrogen) atoms. The predicted molar refractivity (Wildman–Crippen MR) is 85.9 cm³/mol. The Balaban J connectivity index is 1.79. The zero-order valence-electron chi connectivity index (χ0n) is 13.6. The Morgan fingerprint density at radius 1 is 1.05 bits per heavy atom. The van der Waals surface area contributed by atoms with Gasteiger partial charge in [0.15, 0.2) is 0 Å². The lowest BCUT2D eigenvalue weighted by molar-refractivity contribution is -0.128. The molecule has 2 aliphatic rings. The highest BCUT2D eigenvalue weighted by Crippen LogP contribution is 2.29. The van der Waals surface area contributed by atoms with Gasteiger partial charge in [-0.25, -0.2) is 8.42 Å². The van der Waals surface area contributed by atoms with E-state index in [1.165, 1.54) is 6.42 Å². The first-order chi connectivity index (χ1) is 10.5. The van der Waals surface area contributed by atoms with Gasteiger partial charge in [-0.05, 0) is 31.6 Å². The Labute approximate surface area is 134 Å². The van der Waals surface area contributed by atoms with Gasteiger partial charge in [0.05, 0.1) is 11.4 Å². The number of carbonyl (C=O) groups excluding carboxylic acids is 1. The summed E-state index contributed by atoms with van der Waals surface area (Å²) in [7, 11) is -3.53. The summed E-state index contributed by atoms with van der Waals surface area (Å²) in [6.07, 6.45) is 9.87. The van der Waals surface area contributed by atoms with Gasteiger partial charge < -0.3 is 4.74 Å². The van der Waals surface area contributed by atoms with Crippen LogP contribution in [-0.2, 0) is 19.6 Å². The van der Waals surface area contributed by atoms with Crippen molar-refractivity contribution in [1.82, 2.24) is 4.72 Å². The predicted octanol–water partition coefficient (Wildman–Crippen LogP) is 2.75. The van der Waals surface area contributed by atoms with E-state index in [1.54, 1.807) is 0 Å². The first-order valence-electron chi connectivity index (χ1n) is 8.69. The largest absolute Gasteiger partial charge is 0.368 e. The van der Waals surface area contributed by atoms with Crippen LogP contribution in [0.15, 0.2) is 0 Å². The Bertz CT molecular complexity index is 457. The monoisotopic (exact) mass is 331 g/mol. The summed E-state index contributed by atoms with van der Waals surface area (Å²) in [6.45, 7) is 1.99. The van der Waals surface area contributed by atoms with Crippen molar-refractivity contribution in [3.8, 4) is 0 Å². The molecule has 128 valence electrons. The summed E-state index contributed by atoms with van der Waals surface area (Å²) < 4.78 is 32.3. The molecule has 2 rings (SSSR count). The van der Waals surface area contributed by atoms with Crippen LogP contribution in [0.2, 0.25) is 0 Å². The molecule has 2 unspecified atom stereocenters. The number of hydrogen-bond donors (Lipinski definition) is 1. The van der Waals surface area contributed by atoms with E-state index in [9.17, 15) is 13.2 Å². The van der Waals surface area contributed by atoms with Gasteiger partial charge in [-0.2, -0.15) is 0 Å². The number of nitrogens with one attached hydrogen (secondary N) is 1. The van der Waals surface area contributed by atoms with Crippen molar-refractivity contribution in [2.75, 3.05) is 6.61 Å². The summed E-state index contributed by atoms with van der Waals surface area (Å²) in [5.74, 6) is -0.0255. The second-order valence-corrected chi connectivity index (χ2v) is 8.59. The molecule has 0 spiro atoms. The van der Waals surface area contributed by atoms with Crippen LogP contribution in [0.25, 0.3) is 0 Å². The highest BCUT2D eigenvalue weighted by Gasteiger charge is 2.30. The lowest BCUT2D eigenvalue weighted by Crippen LogP contribution is -2.42. The third kappa shape index (κ3) is 4.95. The summed E-state index contributed by atoms with van der Waals surface area (Å²) >= 11 is 0. The maximum atomic E-state index is 12.2. The van der Waals surface area contributed by atoms with E-state index < -0.39 is 21.2 Å². The van der Waals surface area contributed by atoms with Crippen molar-refractivity contribution in [2.24, 2.45) is 5.92 Å². The van der Waals surface area contributed by atoms with Crippen molar-refractivity contribution >= 4 is 15.9 Å². The smallest absolute Gasteiger partial charge is 0.259 e.